The summed E-state index contributed by atoms with van der Waals surface area (Å²) in [5.74, 6) is 0. The molecule has 2 aromatic rings. The summed E-state index contributed by atoms with van der Waals surface area (Å²) in [6.45, 7) is 0.0370. The van der Waals surface area contributed by atoms with E-state index in [1.54, 1.807) is 24.3 Å². The minimum Gasteiger partial charge on any atom is -0.396 e. The highest BCUT2D eigenvalue weighted by molar-refractivity contribution is 9.11. The van der Waals surface area contributed by atoms with Crippen LogP contribution in [0, 0.1) is 0 Å². The maximum atomic E-state index is 12.3. The van der Waals surface area contributed by atoms with Gasteiger partial charge in [0, 0.05) is 15.6 Å². The highest BCUT2D eigenvalue weighted by Gasteiger charge is 2.15. The monoisotopic (exact) mass is 433 g/mol. The van der Waals surface area contributed by atoms with Gasteiger partial charge < -0.3 is 5.11 Å². The summed E-state index contributed by atoms with van der Waals surface area (Å²) in [7, 11) is -3.65. The van der Waals surface area contributed by atoms with E-state index in [-0.39, 0.29) is 11.5 Å². The molecule has 0 radical (unpaired) electrons. The fourth-order valence-electron chi connectivity index (χ4n) is 1.74. The van der Waals surface area contributed by atoms with Crippen molar-refractivity contribution in [2.24, 2.45) is 0 Å². The van der Waals surface area contributed by atoms with Gasteiger partial charge in [0.1, 0.15) is 0 Å². The number of rotatable bonds is 5. The number of benzene rings is 2. The molecule has 4 nitrogen and oxygen atoms in total. The smallest absolute Gasteiger partial charge is 0.261 e. The lowest BCUT2D eigenvalue weighted by Crippen LogP contribution is -2.13. The SMILES string of the molecule is O=S(=O)(Nc1cc(Br)ccc1Br)c1ccc(CCO)cc1. The van der Waals surface area contributed by atoms with E-state index in [2.05, 4.69) is 36.6 Å². The Hall–Kier alpha value is -0.890. The van der Waals surface area contributed by atoms with E-state index in [4.69, 9.17) is 5.11 Å². The molecule has 0 aromatic heterocycles. The van der Waals surface area contributed by atoms with E-state index in [9.17, 15) is 8.42 Å². The molecule has 0 amide bonds. The summed E-state index contributed by atoms with van der Waals surface area (Å²) in [5.41, 5.74) is 1.35. The van der Waals surface area contributed by atoms with Crippen molar-refractivity contribution in [3.05, 3.63) is 57.0 Å². The average Bonchev–Trinajstić information content (AvgIpc) is 2.44. The Morgan fingerprint density at radius 1 is 1.05 bits per heavy atom. The standard InChI is InChI=1S/C14H13Br2NO3S/c15-11-3-6-13(16)14(9-11)17-21(19,20)12-4-1-10(2-5-12)7-8-18/h1-6,9,17-18H,7-8H2. The molecular weight excluding hydrogens is 422 g/mol. The summed E-state index contributed by atoms with van der Waals surface area (Å²) >= 11 is 6.62. The first kappa shape index (κ1) is 16.5. The zero-order valence-electron chi connectivity index (χ0n) is 10.9. The average molecular weight is 435 g/mol. The van der Waals surface area contributed by atoms with E-state index < -0.39 is 10.0 Å². The zero-order chi connectivity index (χ0) is 15.5. The van der Waals surface area contributed by atoms with E-state index in [1.807, 2.05) is 6.07 Å². The maximum absolute atomic E-state index is 12.3. The first-order valence-electron chi connectivity index (χ1n) is 6.10. The van der Waals surface area contributed by atoms with Crippen molar-refractivity contribution < 1.29 is 13.5 Å². The fraction of sp³-hybridized carbons (Fsp3) is 0.143. The van der Waals surface area contributed by atoms with Crippen molar-refractivity contribution in [2.75, 3.05) is 11.3 Å². The normalized spacial score (nSPS) is 11.4. The largest absolute Gasteiger partial charge is 0.396 e. The highest BCUT2D eigenvalue weighted by Crippen LogP contribution is 2.28. The Morgan fingerprint density at radius 2 is 1.71 bits per heavy atom. The van der Waals surface area contributed by atoms with Gasteiger partial charge in [-0.3, -0.25) is 4.72 Å². The Bertz CT molecular complexity index is 730. The fourth-order valence-corrected chi connectivity index (χ4v) is 3.65. The minimum atomic E-state index is -3.65. The summed E-state index contributed by atoms with van der Waals surface area (Å²) < 4.78 is 28.7. The van der Waals surface area contributed by atoms with Crippen molar-refractivity contribution in [1.82, 2.24) is 0 Å². The third-order valence-electron chi connectivity index (χ3n) is 2.81. The molecular formula is C14H13Br2NO3S. The summed E-state index contributed by atoms with van der Waals surface area (Å²) in [6.07, 6.45) is 0.505. The molecule has 2 N–H and O–H groups in total. The Balaban J connectivity index is 2.27. The van der Waals surface area contributed by atoms with Crippen LogP contribution in [0.2, 0.25) is 0 Å². The Labute approximate surface area is 140 Å². The number of hydrogen-bond donors (Lipinski definition) is 2. The summed E-state index contributed by atoms with van der Waals surface area (Å²) in [4.78, 5) is 0.177. The van der Waals surface area contributed by atoms with Crippen LogP contribution >= 0.6 is 31.9 Å². The molecule has 0 bridgehead atoms. The lowest BCUT2D eigenvalue weighted by atomic mass is 10.2. The van der Waals surface area contributed by atoms with Crippen LogP contribution in [0.25, 0.3) is 0 Å². The molecule has 0 saturated heterocycles. The van der Waals surface area contributed by atoms with Gasteiger partial charge in [-0.15, -0.1) is 0 Å². The van der Waals surface area contributed by atoms with Gasteiger partial charge in [-0.05, 0) is 58.2 Å². The van der Waals surface area contributed by atoms with Crippen LogP contribution in [-0.2, 0) is 16.4 Å². The number of halogens is 2. The minimum absolute atomic E-state index is 0.0370. The molecule has 0 heterocycles. The van der Waals surface area contributed by atoms with E-state index in [1.165, 1.54) is 12.1 Å². The van der Waals surface area contributed by atoms with Gasteiger partial charge in [-0.2, -0.15) is 0 Å². The molecule has 7 heteroatoms. The second-order valence-corrected chi connectivity index (χ2v) is 7.80. The zero-order valence-corrected chi connectivity index (χ0v) is 14.9. The first-order chi connectivity index (χ1) is 9.92. The van der Waals surface area contributed by atoms with Gasteiger partial charge in [0.15, 0.2) is 0 Å². The summed E-state index contributed by atoms with van der Waals surface area (Å²) in [6, 6.07) is 11.7. The second-order valence-electron chi connectivity index (χ2n) is 4.35. The molecule has 0 atom stereocenters. The lowest BCUT2D eigenvalue weighted by Gasteiger charge is -2.10. The van der Waals surface area contributed by atoms with Gasteiger partial charge in [-0.25, -0.2) is 8.42 Å². The van der Waals surface area contributed by atoms with Crippen molar-refractivity contribution in [3.63, 3.8) is 0 Å². The quantitative estimate of drug-likeness (QED) is 0.756. The van der Waals surface area contributed by atoms with Crippen LogP contribution in [0.5, 0.6) is 0 Å². The van der Waals surface area contributed by atoms with Crippen molar-refractivity contribution in [1.29, 1.82) is 0 Å². The van der Waals surface area contributed by atoms with Crippen LogP contribution in [0.15, 0.2) is 56.3 Å². The van der Waals surface area contributed by atoms with Crippen molar-refractivity contribution >= 4 is 47.6 Å². The van der Waals surface area contributed by atoms with Gasteiger partial charge in [-0.1, -0.05) is 28.1 Å². The Kier molecular flexibility index (Phi) is 5.43. The number of nitrogens with one attached hydrogen (secondary N) is 1. The molecule has 0 aliphatic heterocycles. The van der Waals surface area contributed by atoms with Crippen molar-refractivity contribution in [2.45, 2.75) is 11.3 Å². The van der Waals surface area contributed by atoms with Gasteiger partial charge in [0.25, 0.3) is 10.0 Å². The van der Waals surface area contributed by atoms with E-state index in [0.717, 1.165) is 10.0 Å². The van der Waals surface area contributed by atoms with Crippen molar-refractivity contribution in [3.8, 4) is 0 Å². The van der Waals surface area contributed by atoms with Gasteiger partial charge >= 0.3 is 0 Å². The molecule has 0 saturated carbocycles. The number of sulfonamides is 1. The molecule has 2 rings (SSSR count). The molecule has 0 fully saturated rings. The van der Waals surface area contributed by atoms with Crippen LogP contribution in [0.1, 0.15) is 5.56 Å². The predicted molar refractivity (Wildman–Crippen MR) is 89.9 cm³/mol. The molecule has 112 valence electrons. The number of aliphatic hydroxyl groups is 1. The topological polar surface area (TPSA) is 66.4 Å². The van der Waals surface area contributed by atoms with E-state index >= 15 is 0 Å². The molecule has 0 spiro atoms. The lowest BCUT2D eigenvalue weighted by molar-refractivity contribution is 0.299. The number of hydrogen-bond acceptors (Lipinski definition) is 3. The van der Waals surface area contributed by atoms with Crippen LogP contribution in [0.3, 0.4) is 0 Å². The molecule has 2 aromatic carbocycles. The van der Waals surface area contributed by atoms with Crippen LogP contribution < -0.4 is 4.72 Å². The second kappa shape index (κ2) is 6.91. The van der Waals surface area contributed by atoms with Crippen LogP contribution in [0.4, 0.5) is 5.69 Å². The van der Waals surface area contributed by atoms with Gasteiger partial charge in [0.2, 0.25) is 0 Å². The molecule has 0 aliphatic rings. The maximum Gasteiger partial charge on any atom is 0.261 e. The highest BCUT2D eigenvalue weighted by atomic mass is 79.9. The molecule has 0 unspecified atom stereocenters. The van der Waals surface area contributed by atoms with Gasteiger partial charge in [0.05, 0.1) is 10.6 Å². The number of aliphatic hydroxyl groups excluding tert-OH is 1. The molecule has 0 aliphatic carbocycles. The van der Waals surface area contributed by atoms with E-state index in [0.29, 0.717) is 16.6 Å². The summed E-state index contributed by atoms with van der Waals surface area (Å²) in [5, 5.41) is 8.86. The predicted octanol–water partition coefficient (Wildman–Crippen LogP) is 3.55. The number of anilines is 1. The molecule has 21 heavy (non-hydrogen) atoms. The Morgan fingerprint density at radius 3 is 2.33 bits per heavy atom. The third-order valence-corrected chi connectivity index (χ3v) is 5.37. The first-order valence-corrected chi connectivity index (χ1v) is 9.17. The van der Waals surface area contributed by atoms with Crippen LogP contribution in [-0.4, -0.2) is 20.1 Å². The third kappa shape index (κ3) is 4.29.